The van der Waals surface area contributed by atoms with Crippen LogP contribution in [-0.2, 0) is 10.0 Å². The number of nitrogens with two attached hydrogens (primary N) is 1. The monoisotopic (exact) mass is 291 g/mol. The first-order valence-corrected chi connectivity index (χ1v) is 8.03. The lowest BCUT2D eigenvalue weighted by atomic mass is 10.1. The average molecular weight is 291 g/mol. The van der Waals surface area contributed by atoms with Crippen molar-refractivity contribution in [3.05, 3.63) is 36.2 Å². The van der Waals surface area contributed by atoms with E-state index in [1.165, 1.54) is 4.31 Å². The third-order valence-electron chi connectivity index (χ3n) is 3.77. The summed E-state index contributed by atoms with van der Waals surface area (Å²) in [5, 5.41) is 1.59. The number of sulfonamides is 1. The molecular weight excluding hydrogens is 274 g/mol. The lowest BCUT2D eigenvalue weighted by Crippen LogP contribution is -2.32. The molecule has 1 saturated heterocycles. The smallest absolute Gasteiger partial charge is 0.243 e. The van der Waals surface area contributed by atoms with Crippen LogP contribution in [0.2, 0.25) is 0 Å². The Labute approximate surface area is 118 Å². The average Bonchev–Trinajstić information content (AvgIpc) is 2.86. The van der Waals surface area contributed by atoms with Gasteiger partial charge in [-0.05, 0) is 30.4 Å². The number of rotatable bonds is 2. The highest BCUT2D eigenvalue weighted by molar-refractivity contribution is 7.89. The molecule has 106 valence electrons. The summed E-state index contributed by atoms with van der Waals surface area (Å²) in [5.74, 6) is 0. The molecule has 0 unspecified atom stereocenters. The van der Waals surface area contributed by atoms with E-state index in [-0.39, 0.29) is 6.04 Å². The zero-order valence-electron chi connectivity index (χ0n) is 11.3. The third-order valence-corrected chi connectivity index (χ3v) is 5.69. The van der Waals surface area contributed by atoms with Gasteiger partial charge in [0.1, 0.15) is 0 Å². The quantitative estimate of drug-likeness (QED) is 0.904. The first kappa shape index (κ1) is 13.5. The van der Waals surface area contributed by atoms with Crippen LogP contribution in [0, 0.1) is 6.92 Å². The molecule has 0 saturated carbocycles. The van der Waals surface area contributed by atoms with Crippen LogP contribution in [0.15, 0.2) is 35.5 Å². The highest BCUT2D eigenvalue weighted by Gasteiger charge is 2.32. The summed E-state index contributed by atoms with van der Waals surface area (Å²) < 4.78 is 27.0. The molecule has 1 aliphatic heterocycles. The van der Waals surface area contributed by atoms with Gasteiger partial charge in [0.15, 0.2) is 0 Å². The van der Waals surface area contributed by atoms with Gasteiger partial charge in [0.25, 0.3) is 0 Å². The second-order valence-electron chi connectivity index (χ2n) is 5.22. The Hall–Kier alpha value is -1.50. The zero-order valence-corrected chi connectivity index (χ0v) is 12.1. The highest BCUT2D eigenvalue weighted by atomic mass is 32.2. The Bertz CT molecular complexity index is 758. The number of nitrogens with zero attached hydrogens (tertiary/aromatic N) is 2. The van der Waals surface area contributed by atoms with Crippen LogP contribution < -0.4 is 5.73 Å². The van der Waals surface area contributed by atoms with E-state index in [2.05, 4.69) is 4.98 Å². The number of hydrogen-bond acceptors (Lipinski definition) is 4. The molecule has 3 rings (SSSR count). The van der Waals surface area contributed by atoms with Crippen LogP contribution >= 0.6 is 0 Å². The summed E-state index contributed by atoms with van der Waals surface area (Å²) >= 11 is 0. The maximum absolute atomic E-state index is 12.7. The van der Waals surface area contributed by atoms with Crippen LogP contribution in [0.25, 0.3) is 10.8 Å². The molecule has 6 heteroatoms. The van der Waals surface area contributed by atoms with Gasteiger partial charge >= 0.3 is 0 Å². The summed E-state index contributed by atoms with van der Waals surface area (Å²) in [7, 11) is -3.50. The minimum absolute atomic E-state index is 0.0698. The predicted octanol–water partition coefficient (Wildman–Crippen LogP) is 1.26. The molecule has 0 amide bonds. The number of hydrogen-bond donors (Lipinski definition) is 1. The van der Waals surface area contributed by atoms with Crippen molar-refractivity contribution in [2.75, 3.05) is 13.1 Å². The molecule has 0 spiro atoms. The van der Waals surface area contributed by atoms with Crippen molar-refractivity contribution in [2.45, 2.75) is 24.3 Å². The second-order valence-corrected chi connectivity index (χ2v) is 7.13. The van der Waals surface area contributed by atoms with E-state index in [4.69, 9.17) is 5.73 Å². The van der Waals surface area contributed by atoms with E-state index in [9.17, 15) is 8.42 Å². The number of aromatic nitrogens is 1. The van der Waals surface area contributed by atoms with Crippen LogP contribution in [0.5, 0.6) is 0 Å². The van der Waals surface area contributed by atoms with Crippen molar-refractivity contribution in [3.8, 4) is 0 Å². The standard InChI is InChI=1S/C14H17N3O2S/c1-10-7-16-8-13-12(10)3-2-4-14(13)20(18,19)17-6-5-11(15)9-17/h2-4,7-8,11H,5-6,9,15H2,1H3/t11-/m1/s1. The molecular formula is C14H17N3O2S. The lowest BCUT2D eigenvalue weighted by molar-refractivity contribution is 0.473. The molecule has 0 aliphatic carbocycles. The second kappa shape index (κ2) is 4.80. The number of pyridine rings is 1. The molecule has 0 radical (unpaired) electrons. The lowest BCUT2D eigenvalue weighted by Gasteiger charge is -2.17. The largest absolute Gasteiger partial charge is 0.326 e. The van der Waals surface area contributed by atoms with Gasteiger partial charge < -0.3 is 5.73 Å². The Morgan fingerprint density at radius 3 is 2.80 bits per heavy atom. The van der Waals surface area contributed by atoms with Gasteiger partial charge in [-0.3, -0.25) is 4.98 Å². The van der Waals surface area contributed by atoms with E-state index in [0.29, 0.717) is 29.8 Å². The van der Waals surface area contributed by atoms with Crippen molar-refractivity contribution in [3.63, 3.8) is 0 Å². The molecule has 2 heterocycles. The van der Waals surface area contributed by atoms with Gasteiger partial charge in [-0.15, -0.1) is 0 Å². The fraction of sp³-hybridized carbons (Fsp3) is 0.357. The molecule has 0 bridgehead atoms. The molecule has 2 N–H and O–H groups in total. The molecule has 20 heavy (non-hydrogen) atoms. The van der Waals surface area contributed by atoms with Gasteiger partial charge in [-0.2, -0.15) is 4.31 Å². The van der Waals surface area contributed by atoms with Gasteiger partial charge in [0, 0.05) is 36.9 Å². The molecule has 1 atom stereocenters. The number of fused-ring (bicyclic) bond motifs is 1. The van der Waals surface area contributed by atoms with Crippen molar-refractivity contribution < 1.29 is 8.42 Å². The summed E-state index contributed by atoms with van der Waals surface area (Å²) in [6, 6.07) is 5.27. The van der Waals surface area contributed by atoms with Gasteiger partial charge in [-0.1, -0.05) is 12.1 Å². The van der Waals surface area contributed by atoms with Crippen LogP contribution in [0.4, 0.5) is 0 Å². The van der Waals surface area contributed by atoms with Crippen molar-refractivity contribution in [1.29, 1.82) is 0 Å². The van der Waals surface area contributed by atoms with E-state index in [1.807, 2.05) is 13.0 Å². The van der Waals surface area contributed by atoms with Crippen molar-refractivity contribution in [2.24, 2.45) is 5.73 Å². The van der Waals surface area contributed by atoms with Gasteiger partial charge in [0.2, 0.25) is 10.0 Å². The topological polar surface area (TPSA) is 76.3 Å². The van der Waals surface area contributed by atoms with E-state index < -0.39 is 10.0 Å². The van der Waals surface area contributed by atoms with Gasteiger partial charge in [-0.25, -0.2) is 8.42 Å². The Kier molecular flexibility index (Phi) is 3.24. The predicted molar refractivity (Wildman–Crippen MR) is 77.8 cm³/mol. The Morgan fingerprint density at radius 2 is 2.10 bits per heavy atom. The first-order valence-electron chi connectivity index (χ1n) is 6.59. The number of benzene rings is 1. The van der Waals surface area contributed by atoms with Crippen molar-refractivity contribution >= 4 is 20.8 Å². The molecule has 1 aromatic carbocycles. The van der Waals surface area contributed by atoms with Crippen LogP contribution in [0.3, 0.4) is 0 Å². The van der Waals surface area contributed by atoms with Crippen LogP contribution in [-0.4, -0.2) is 36.8 Å². The van der Waals surface area contributed by atoms with E-state index >= 15 is 0 Å². The first-order chi connectivity index (χ1) is 9.50. The minimum Gasteiger partial charge on any atom is -0.326 e. The van der Waals surface area contributed by atoms with Gasteiger partial charge in [0.05, 0.1) is 4.90 Å². The third kappa shape index (κ3) is 2.09. The maximum atomic E-state index is 12.7. The maximum Gasteiger partial charge on any atom is 0.243 e. The Balaban J connectivity index is 2.17. The van der Waals surface area contributed by atoms with E-state index in [1.54, 1.807) is 24.5 Å². The normalized spacial score (nSPS) is 20.6. The Morgan fingerprint density at radius 1 is 1.30 bits per heavy atom. The minimum atomic E-state index is -3.50. The molecule has 5 nitrogen and oxygen atoms in total. The highest BCUT2D eigenvalue weighted by Crippen LogP contribution is 2.28. The molecule has 1 aromatic heterocycles. The summed E-state index contributed by atoms with van der Waals surface area (Å²) in [5.41, 5.74) is 6.79. The van der Waals surface area contributed by atoms with E-state index in [0.717, 1.165) is 10.9 Å². The molecule has 1 fully saturated rings. The van der Waals surface area contributed by atoms with Crippen LogP contribution in [0.1, 0.15) is 12.0 Å². The number of aryl methyl sites for hydroxylation is 1. The summed E-state index contributed by atoms with van der Waals surface area (Å²) in [6.07, 6.45) is 4.07. The zero-order chi connectivity index (χ0) is 14.3. The summed E-state index contributed by atoms with van der Waals surface area (Å²) in [6.45, 7) is 2.80. The SMILES string of the molecule is Cc1cncc2c(S(=O)(=O)N3CC[C@@H](N)C3)cccc12. The van der Waals surface area contributed by atoms with Crippen molar-refractivity contribution in [1.82, 2.24) is 9.29 Å². The summed E-state index contributed by atoms with van der Waals surface area (Å²) in [4.78, 5) is 4.44. The fourth-order valence-corrected chi connectivity index (χ4v) is 4.35. The fourth-order valence-electron chi connectivity index (χ4n) is 2.65. The molecule has 2 aromatic rings. The molecule has 1 aliphatic rings.